The summed E-state index contributed by atoms with van der Waals surface area (Å²) in [7, 11) is 0. The highest BCUT2D eigenvalue weighted by molar-refractivity contribution is 5.47. The number of phenolic OH excluding ortho intramolecular Hbond substituents is 1. The van der Waals surface area contributed by atoms with Gasteiger partial charge in [0.1, 0.15) is 5.75 Å². The van der Waals surface area contributed by atoms with Crippen molar-refractivity contribution < 1.29 is 10.2 Å². The van der Waals surface area contributed by atoms with Crippen LogP contribution in [0.4, 0.5) is 0 Å². The van der Waals surface area contributed by atoms with E-state index in [1.807, 2.05) is 13.0 Å². The Morgan fingerprint density at radius 1 is 1.00 bits per heavy atom. The number of aryl methyl sites for hydroxylation is 2. The van der Waals surface area contributed by atoms with E-state index in [2.05, 4.69) is 39.8 Å². The number of benzene rings is 1. The molecular formula is C26H40O2. The first kappa shape index (κ1) is 22.6. The van der Waals surface area contributed by atoms with Gasteiger partial charge in [-0.3, -0.25) is 0 Å². The predicted octanol–water partition coefficient (Wildman–Crippen LogP) is 7.90. The molecule has 0 spiro atoms. The Balaban J connectivity index is 2.42. The van der Waals surface area contributed by atoms with Gasteiger partial charge in [-0.15, -0.1) is 0 Å². The van der Waals surface area contributed by atoms with Crippen LogP contribution in [-0.4, -0.2) is 10.2 Å². The average Bonchev–Trinajstić information content (AvgIpc) is 2.67. The zero-order valence-electron chi connectivity index (χ0n) is 18.6. The molecule has 2 N–H and O–H groups in total. The van der Waals surface area contributed by atoms with Crippen molar-refractivity contribution in [2.24, 2.45) is 5.92 Å². The molecule has 0 saturated carbocycles. The summed E-state index contributed by atoms with van der Waals surface area (Å²) in [6.07, 6.45) is 11.8. The van der Waals surface area contributed by atoms with Crippen LogP contribution in [0.25, 0.3) is 0 Å². The van der Waals surface area contributed by atoms with Crippen LogP contribution in [0.2, 0.25) is 0 Å². The molecule has 0 saturated heterocycles. The number of hydrogen-bond acceptors (Lipinski definition) is 2. The molecule has 28 heavy (non-hydrogen) atoms. The summed E-state index contributed by atoms with van der Waals surface area (Å²) in [4.78, 5) is 0. The predicted molar refractivity (Wildman–Crippen MR) is 120 cm³/mol. The van der Waals surface area contributed by atoms with Crippen LogP contribution in [0, 0.1) is 12.8 Å². The Bertz CT molecular complexity index is 711. The zero-order valence-corrected chi connectivity index (χ0v) is 18.6. The lowest BCUT2D eigenvalue weighted by molar-refractivity contribution is 0.304. The third-order valence-electron chi connectivity index (χ3n) is 6.26. The molecule has 2 rings (SSSR count). The van der Waals surface area contributed by atoms with Gasteiger partial charge in [-0.2, -0.15) is 0 Å². The SMILES string of the molecule is CCCCc1cc(C(CCC)C2=C(C)C=C(O)C(CCCC)C2)cc(C)c1O. The van der Waals surface area contributed by atoms with E-state index < -0.39 is 0 Å². The Kier molecular flexibility index (Phi) is 8.66. The summed E-state index contributed by atoms with van der Waals surface area (Å²) in [6, 6.07) is 4.43. The number of unbranched alkanes of at least 4 members (excludes halogenated alkanes) is 2. The van der Waals surface area contributed by atoms with Crippen LogP contribution in [0.3, 0.4) is 0 Å². The van der Waals surface area contributed by atoms with Crippen LogP contribution in [0.15, 0.2) is 35.1 Å². The van der Waals surface area contributed by atoms with Crippen LogP contribution in [0.5, 0.6) is 5.75 Å². The van der Waals surface area contributed by atoms with E-state index in [0.29, 0.717) is 17.4 Å². The maximum absolute atomic E-state index is 10.5. The number of phenols is 1. The second-order valence-corrected chi connectivity index (χ2v) is 8.61. The molecule has 0 heterocycles. The Morgan fingerprint density at radius 3 is 2.36 bits per heavy atom. The Hall–Kier alpha value is -1.70. The van der Waals surface area contributed by atoms with E-state index in [9.17, 15) is 10.2 Å². The van der Waals surface area contributed by atoms with Crippen LogP contribution in [-0.2, 0) is 6.42 Å². The lowest BCUT2D eigenvalue weighted by Gasteiger charge is -2.30. The quantitative estimate of drug-likeness (QED) is 0.430. The van der Waals surface area contributed by atoms with Crippen molar-refractivity contribution >= 4 is 0 Å². The van der Waals surface area contributed by atoms with Gasteiger partial charge in [-0.05, 0) is 74.3 Å². The zero-order chi connectivity index (χ0) is 20.7. The first-order valence-electron chi connectivity index (χ1n) is 11.3. The summed E-state index contributed by atoms with van der Waals surface area (Å²) in [5.74, 6) is 1.67. The molecule has 2 heteroatoms. The third kappa shape index (κ3) is 5.43. The fraction of sp³-hybridized carbons (Fsp3) is 0.615. The molecular weight excluding hydrogens is 344 g/mol. The van der Waals surface area contributed by atoms with Gasteiger partial charge in [0, 0.05) is 11.8 Å². The highest BCUT2D eigenvalue weighted by Gasteiger charge is 2.27. The lowest BCUT2D eigenvalue weighted by Crippen LogP contribution is -2.16. The summed E-state index contributed by atoms with van der Waals surface area (Å²) < 4.78 is 0. The van der Waals surface area contributed by atoms with E-state index in [4.69, 9.17) is 0 Å². The molecule has 0 aliphatic heterocycles. The van der Waals surface area contributed by atoms with Gasteiger partial charge in [-0.25, -0.2) is 0 Å². The van der Waals surface area contributed by atoms with Gasteiger partial charge < -0.3 is 10.2 Å². The summed E-state index contributed by atoms with van der Waals surface area (Å²) in [6.45, 7) is 10.8. The van der Waals surface area contributed by atoms with Crippen molar-refractivity contribution in [2.75, 3.05) is 0 Å². The minimum atomic E-state index is 0.260. The van der Waals surface area contributed by atoms with Gasteiger partial charge in [0.15, 0.2) is 0 Å². The fourth-order valence-corrected chi connectivity index (χ4v) is 4.55. The lowest BCUT2D eigenvalue weighted by atomic mass is 9.75. The highest BCUT2D eigenvalue weighted by Crippen LogP contribution is 2.42. The topological polar surface area (TPSA) is 40.5 Å². The third-order valence-corrected chi connectivity index (χ3v) is 6.26. The molecule has 2 nitrogen and oxygen atoms in total. The molecule has 2 atom stereocenters. The van der Waals surface area contributed by atoms with Crippen molar-refractivity contribution in [3.05, 3.63) is 51.8 Å². The van der Waals surface area contributed by atoms with E-state index in [1.54, 1.807) is 0 Å². The molecule has 0 radical (unpaired) electrons. The molecule has 0 fully saturated rings. The summed E-state index contributed by atoms with van der Waals surface area (Å²) in [5.41, 5.74) is 6.12. The molecule has 1 aromatic carbocycles. The van der Waals surface area contributed by atoms with Crippen LogP contribution >= 0.6 is 0 Å². The van der Waals surface area contributed by atoms with Crippen LogP contribution in [0.1, 0.15) is 102 Å². The monoisotopic (exact) mass is 384 g/mol. The molecule has 1 aromatic rings. The normalized spacial score (nSPS) is 18.3. The number of aliphatic hydroxyl groups is 1. The van der Waals surface area contributed by atoms with Gasteiger partial charge >= 0.3 is 0 Å². The standard InChI is InChI=1S/C26H40O2/c1-6-9-12-20-17-24(18(4)15-25(20)27)23(11-8-3)22-14-19(5)26(28)21(16-22)13-10-7-2/h14-16,20,23,27-28H,6-13,17H2,1-5H3. The molecule has 0 bridgehead atoms. The highest BCUT2D eigenvalue weighted by atomic mass is 16.3. The van der Waals surface area contributed by atoms with Gasteiger partial charge in [0.2, 0.25) is 0 Å². The minimum Gasteiger partial charge on any atom is -0.512 e. The number of allylic oxidation sites excluding steroid dienone is 4. The van der Waals surface area contributed by atoms with Crippen molar-refractivity contribution in [3.63, 3.8) is 0 Å². The number of aliphatic hydroxyl groups excluding tert-OH is 1. The van der Waals surface area contributed by atoms with Gasteiger partial charge in [0.25, 0.3) is 0 Å². The largest absolute Gasteiger partial charge is 0.512 e. The summed E-state index contributed by atoms with van der Waals surface area (Å²) in [5, 5.41) is 21.0. The van der Waals surface area contributed by atoms with E-state index >= 15 is 0 Å². The maximum atomic E-state index is 10.5. The number of hydrogen-bond donors (Lipinski definition) is 2. The first-order chi connectivity index (χ1) is 13.4. The van der Waals surface area contributed by atoms with Crippen molar-refractivity contribution in [3.8, 4) is 5.75 Å². The fourth-order valence-electron chi connectivity index (χ4n) is 4.55. The molecule has 0 amide bonds. The molecule has 2 unspecified atom stereocenters. The smallest absolute Gasteiger partial charge is 0.121 e. The molecule has 156 valence electrons. The first-order valence-corrected chi connectivity index (χ1v) is 11.3. The maximum Gasteiger partial charge on any atom is 0.121 e. The number of aromatic hydroxyl groups is 1. The minimum absolute atomic E-state index is 0.260. The van der Waals surface area contributed by atoms with Crippen molar-refractivity contribution in [2.45, 2.75) is 98.3 Å². The molecule has 1 aliphatic carbocycles. The van der Waals surface area contributed by atoms with Crippen molar-refractivity contribution in [1.29, 1.82) is 0 Å². The average molecular weight is 385 g/mol. The van der Waals surface area contributed by atoms with E-state index in [1.165, 1.54) is 16.7 Å². The Labute approximate surface area is 172 Å². The van der Waals surface area contributed by atoms with Gasteiger partial charge in [-0.1, -0.05) is 64.2 Å². The second kappa shape index (κ2) is 10.7. The molecule has 0 aromatic heterocycles. The second-order valence-electron chi connectivity index (χ2n) is 8.61. The number of rotatable bonds is 10. The van der Waals surface area contributed by atoms with Crippen LogP contribution < -0.4 is 0 Å². The summed E-state index contributed by atoms with van der Waals surface area (Å²) >= 11 is 0. The molecule has 1 aliphatic rings. The van der Waals surface area contributed by atoms with E-state index in [-0.39, 0.29) is 5.92 Å². The van der Waals surface area contributed by atoms with Crippen molar-refractivity contribution in [1.82, 2.24) is 0 Å². The Morgan fingerprint density at radius 2 is 1.71 bits per heavy atom. The van der Waals surface area contributed by atoms with Gasteiger partial charge in [0.05, 0.1) is 5.76 Å². The van der Waals surface area contributed by atoms with E-state index in [0.717, 1.165) is 68.9 Å².